The largest absolute Gasteiger partial charge is 0.444 e. The maximum Gasteiger partial charge on any atom is 0.410 e. The highest BCUT2D eigenvalue weighted by Crippen LogP contribution is 2.36. The zero-order valence-electron chi connectivity index (χ0n) is 42.8. The van der Waals surface area contributed by atoms with Gasteiger partial charge >= 0.3 is 12.2 Å². The molecule has 382 valence electrons. The van der Waals surface area contributed by atoms with Crippen molar-refractivity contribution in [1.82, 2.24) is 28.0 Å². The number of benzene rings is 5. The summed E-state index contributed by atoms with van der Waals surface area (Å²) in [5.41, 5.74) is 9.62. The highest BCUT2D eigenvalue weighted by molar-refractivity contribution is 7.90. The molecule has 6 heterocycles. The van der Waals surface area contributed by atoms with Gasteiger partial charge in [-0.1, -0.05) is 90.0 Å². The van der Waals surface area contributed by atoms with Gasteiger partial charge in [-0.05, 0) is 103 Å². The first-order chi connectivity index (χ1) is 34.6. The van der Waals surface area contributed by atoms with Gasteiger partial charge in [-0.2, -0.15) is 0 Å². The van der Waals surface area contributed by atoms with Crippen LogP contribution in [-0.4, -0.2) is 82.6 Å². The molecule has 3 aromatic heterocycles. The van der Waals surface area contributed by atoms with Gasteiger partial charge in [-0.15, -0.1) is 0 Å². The molecule has 5 aromatic carbocycles. The zero-order chi connectivity index (χ0) is 52.0. The van der Waals surface area contributed by atoms with E-state index in [0.29, 0.717) is 49.6 Å². The van der Waals surface area contributed by atoms with Crippen LogP contribution in [0, 0.1) is 13.8 Å². The molecule has 0 bridgehead atoms. The first kappa shape index (κ1) is 51.0. The van der Waals surface area contributed by atoms with E-state index in [1.807, 2.05) is 128 Å². The Hall–Kier alpha value is -6.88. The standard InChI is InChI=1S/C23H26N2O4S.C18H18N2O2S.C16H20N2O2/c1-16-9-11-17(12-10-16)30(27,28)25-20-8-6-5-7-18(20)19-15-24(14-13-21(19)25)22(26)29-23(2,3)4;1-13-6-8-14(9-7-13)23(21,22)20-17-5-3-2-4-15(17)16-12-19-11-10-18(16)20;1-16(2,3)20-15(19)18-9-8-14-12(10-18)11-6-4-5-7-13(11)17-14/h5-12H,13-15H2,1-4H3;2-9,19H,10-12H2,1H3;4-7,17H,8-10H2,1-3H3. The van der Waals surface area contributed by atoms with Gasteiger partial charge in [0.2, 0.25) is 0 Å². The number of para-hydroxylation sites is 3. The molecule has 0 saturated heterocycles. The van der Waals surface area contributed by atoms with E-state index < -0.39 is 31.2 Å². The molecule has 73 heavy (non-hydrogen) atoms. The molecular formula is C57H64N6O8S2. The number of fused-ring (bicyclic) bond motifs is 9. The van der Waals surface area contributed by atoms with Gasteiger partial charge in [0.1, 0.15) is 11.2 Å². The number of amides is 2. The zero-order valence-corrected chi connectivity index (χ0v) is 44.4. The van der Waals surface area contributed by atoms with E-state index >= 15 is 0 Å². The number of carbonyl (C=O) groups excluding carboxylic acids is 2. The van der Waals surface area contributed by atoms with Crippen molar-refractivity contribution in [3.63, 3.8) is 0 Å². The van der Waals surface area contributed by atoms with Crippen molar-refractivity contribution in [2.75, 3.05) is 19.6 Å². The lowest BCUT2D eigenvalue weighted by Crippen LogP contribution is -2.40. The number of ether oxygens (including phenoxy) is 2. The molecule has 3 aliphatic rings. The minimum Gasteiger partial charge on any atom is -0.444 e. The highest BCUT2D eigenvalue weighted by atomic mass is 32.2. The predicted molar refractivity (Wildman–Crippen MR) is 286 cm³/mol. The van der Waals surface area contributed by atoms with Crippen molar-refractivity contribution in [2.45, 2.75) is 115 Å². The summed E-state index contributed by atoms with van der Waals surface area (Å²) in [4.78, 5) is 32.2. The van der Waals surface area contributed by atoms with Crippen molar-refractivity contribution in [3.8, 4) is 0 Å². The lowest BCUT2D eigenvalue weighted by atomic mass is 10.1. The summed E-state index contributed by atoms with van der Waals surface area (Å²) >= 11 is 0. The molecule has 16 heteroatoms. The van der Waals surface area contributed by atoms with Crippen molar-refractivity contribution < 1.29 is 35.9 Å². The molecule has 2 N–H and O–H groups in total. The molecule has 8 aromatic rings. The van der Waals surface area contributed by atoms with E-state index in [-0.39, 0.29) is 17.1 Å². The minimum atomic E-state index is -3.77. The van der Waals surface area contributed by atoms with E-state index in [1.54, 1.807) is 50.2 Å². The maximum atomic E-state index is 13.6. The van der Waals surface area contributed by atoms with Gasteiger partial charge in [0.15, 0.2) is 0 Å². The Bertz CT molecular complexity index is 3600. The molecule has 2 amide bonds. The van der Waals surface area contributed by atoms with Crippen LogP contribution >= 0.6 is 0 Å². The molecule has 11 rings (SSSR count). The Labute approximate surface area is 428 Å². The van der Waals surface area contributed by atoms with Gasteiger partial charge in [-0.25, -0.2) is 34.4 Å². The van der Waals surface area contributed by atoms with E-state index in [9.17, 15) is 26.4 Å². The van der Waals surface area contributed by atoms with E-state index in [0.717, 1.165) is 74.8 Å². The van der Waals surface area contributed by atoms with Gasteiger partial charge in [0, 0.05) is 95.3 Å². The smallest absolute Gasteiger partial charge is 0.410 e. The van der Waals surface area contributed by atoms with Gasteiger partial charge in [0.05, 0.1) is 33.9 Å². The number of hydrogen-bond donors (Lipinski definition) is 2. The topological polar surface area (TPSA) is 165 Å². The summed E-state index contributed by atoms with van der Waals surface area (Å²) in [6, 6.07) is 37.4. The molecular weight excluding hydrogens is 961 g/mol. The van der Waals surface area contributed by atoms with Crippen LogP contribution in [0.2, 0.25) is 0 Å². The minimum absolute atomic E-state index is 0.228. The second kappa shape index (κ2) is 19.9. The second-order valence-corrected chi connectivity index (χ2v) is 24.5. The molecule has 0 aliphatic carbocycles. The van der Waals surface area contributed by atoms with Crippen molar-refractivity contribution in [2.24, 2.45) is 0 Å². The molecule has 14 nitrogen and oxygen atoms in total. The summed E-state index contributed by atoms with van der Waals surface area (Å²) < 4.78 is 67.6. The summed E-state index contributed by atoms with van der Waals surface area (Å²) in [6.45, 7) is 18.6. The van der Waals surface area contributed by atoms with Crippen LogP contribution in [0.3, 0.4) is 0 Å². The van der Waals surface area contributed by atoms with Crippen LogP contribution in [0.1, 0.15) is 86.4 Å². The van der Waals surface area contributed by atoms with Gasteiger partial charge in [0.25, 0.3) is 20.0 Å². The summed E-state index contributed by atoms with van der Waals surface area (Å²) in [6.07, 6.45) is 1.40. The number of carbonyl (C=O) groups is 2. The SMILES string of the molecule is CC(C)(C)OC(=O)N1CCc2[nH]c3ccccc3c2C1.Cc1ccc(S(=O)(=O)n2c3c(c4ccccc42)CN(C(=O)OC(C)(C)C)CC3)cc1.Cc1ccc(S(=O)(=O)n2c3c(c4ccccc42)CNCC3)cc1. The van der Waals surface area contributed by atoms with Gasteiger partial charge < -0.3 is 29.6 Å². The molecule has 0 unspecified atom stereocenters. The van der Waals surface area contributed by atoms with Crippen LogP contribution in [0.15, 0.2) is 131 Å². The number of rotatable bonds is 4. The van der Waals surface area contributed by atoms with Crippen LogP contribution in [0.5, 0.6) is 0 Å². The van der Waals surface area contributed by atoms with E-state index in [1.165, 1.54) is 20.6 Å². The van der Waals surface area contributed by atoms with Crippen LogP contribution in [-0.2, 0) is 68.4 Å². The summed E-state index contributed by atoms with van der Waals surface area (Å²) in [5, 5.41) is 6.40. The third-order valence-corrected chi connectivity index (χ3v) is 16.7. The average Bonchev–Trinajstić information content (AvgIpc) is 4.02. The fraction of sp³-hybridized carbons (Fsp3) is 0.333. The molecule has 0 radical (unpaired) electrons. The molecule has 0 spiro atoms. The second-order valence-electron chi connectivity index (χ2n) is 20.9. The van der Waals surface area contributed by atoms with Crippen LogP contribution in [0.4, 0.5) is 9.59 Å². The number of aryl methyl sites for hydroxylation is 2. The number of H-pyrrole nitrogens is 1. The van der Waals surface area contributed by atoms with Crippen molar-refractivity contribution in [1.29, 1.82) is 0 Å². The first-order valence-electron chi connectivity index (χ1n) is 24.7. The normalized spacial score (nSPS) is 14.8. The number of nitrogens with zero attached hydrogens (tertiary/aromatic N) is 4. The Kier molecular flexibility index (Phi) is 13.9. The molecule has 0 fully saturated rings. The third-order valence-electron chi connectivity index (χ3n) is 13.2. The Morgan fingerprint density at radius 3 is 1.48 bits per heavy atom. The van der Waals surface area contributed by atoms with E-state index in [4.69, 9.17) is 9.47 Å². The lowest BCUT2D eigenvalue weighted by Gasteiger charge is -2.30. The first-order valence-corrected chi connectivity index (χ1v) is 27.6. The van der Waals surface area contributed by atoms with Crippen molar-refractivity contribution in [3.05, 3.63) is 166 Å². The Morgan fingerprint density at radius 1 is 0.521 bits per heavy atom. The monoisotopic (exact) mass is 1020 g/mol. The third kappa shape index (κ3) is 10.5. The van der Waals surface area contributed by atoms with E-state index in [2.05, 4.69) is 22.4 Å². The molecule has 0 saturated carbocycles. The number of aromatic amines is 1. The number of nitrogens with one attached hydrogen (secondary N) is 2. The fourth-order valence-corrected chi connectivity index (χ4v) is 13.0. The quantitative estimate of drug-likeness (QED) is 0.175. The fourth-order valence-electron chi connectivity index (χ4n) is 9.78. The van der Waals surface area contributed by atoms with Gasteiger partial charge in [-0.3, -0.25) is 0 Å². The lowest BCUT2D eigenvalue weighted by molar-refractivity contribution is 0.0214. The molecule has 3 aliphatic heterocycles. The highest BCUT2D eigenvalue weighted by Gasteiger charge is 2.34. The Morgan fingerprint density at radius 2 is 0.959 bits per heavy atom. The average molecular weight is 1030 g/mol. The predicted octanol–water partition coefficient (Wildman–Crippen LogP) is 10.8. The molecule has 0 atom stereocenters. The van der Waals surface area contributed by atoms with Crippen LogP contribution in [0.25, 0.3) is 32.7 Å². The number of aromatic nitrogens is 3. The number of hydrogen-bond acceptors (Lipinski definition) is 9. The summed E-state index contributed by atoms with van der Waals surface area (Å²) in [7, 11) is -7.36. The maximum absolute atomic E-state index is 13.6. The van der Waals surface area contributed by atoms with Crippen molar-refractivity contribution >= 4 is 64.9 Å². The summed E-state index contributed by atoms with van der Waals surface area (Å²) in [5.74, 6) is 0. The van der Waals surface area contributed by atoms with Crippen LogP contribution < -0.4 is 5.32 Å². The Balaban J connectivity index is 0.000000138.